The molecule has 162 valence electrons. The van der Waals surface area contributed by atoms with E-state index >= 15 is 0 Å². The zero-order valence-electron chi connectivity index (χ0n) is 17.6. The molecule has 2 amide bonds. The summed E-state index contributed by atoms with van der Waals surface area (Å²) in [7, 11) is 0. The minimum atomic E-state index is -0.343. The largest absolute Gasteiger partial charge is 0.513 e. The second-order valence-electron chi connectivity index (χ2n) is 7.99. The van der Waals surface area contributed by atoms with E-state index < -0.39 is 0 Å². The monoisotopic (exact) mass is 416 g/mol. The summed E-state index contributed by atoms with van der Waals surface area (Å²) in [5.74, 6) is -0.920. The van der Waals surface area contributed by atoms with Crippen molar-refractivity contribution in [2.45, 2.75) is 52.0 Å². The standard InChI is InChI=1S/C22H29FN4O3/c1-15(2)26-11-8-16(3)27-21(26)13-25(19(14-28)22(27)30)10-9-20(29)24-12-17-4-6-18(23)7-5-17/h4-7,9-10,14-16,21,28H,8,11-13H2,1-3H3,(H,24,29)/b10-9+,19-14+/t16-,21?/m1/s1. The van der Waals surface area contributed by atoms with Gasteiger partial charge in [-0.2, -0.15) is 0 Å². The molecule has 3 rings (SSSR count). The molecular formula is C22H29FN4O3. The van der Waals surface area contributed by atoms with Crippen LogP contribution in [0, 0.1) is 5.82 Å². The van der Waals surface area contributed by atoms with E-state index in [1.807, 2.05) is 11.8 Å². The number of hydrogen-bond donors (Lipinski definition) is 2. The number of aliphatic hydroxyl groups excluding tert-OH is 1. The minimum Gasteiger partial charge on any atom is -0.513 e. The van der Waals surface area contributed by atoms with E-state index in [1.165, 1.54) is 24.4 Å². The maximum Gasteiger partial charge on any atom is 0.275 e. The molecule has 0 saturated carbocycles. The Morgan fingerprint density at radius 3 is 2.67 bits per heavy atom. The lowest BCUT2D eigenvalue weighted by Gasteiger charge is -2.53. The number of rotatable bonds is 5. The van der Waals surface area contributed by atoms with Crippen LogP contribution in [0.25, 0.3) is 0 Å². The highest BCUT2D eigenvalue weighted by atomic mass is 19.1. The summed E-state index contributed by atoms with van der Waals surface area (Å²) in [6.45, 7) is 7.83. The molecule has 2 aliphatic rings. The number of carbonyl (C=O) groups excluding carboxylic acids is 2. The van der Waals surface area contributed by atoms with Gasteiger partial charge in [0.05, 0.1) is 6.54 Å². The number of halogens is 1. The molecule has 2 atom stereocenters. The van der Waals surface area contributed by atoms with Gasteiger partial charge in [-0.15, -0.1) is 0 Å². The molecule has 0 aromatic heterocycles. The Balaban J connectivity index is 1.70. The predicted octanol–water partition coefficient (Wildman–Crippen LogP) is 2.33. The molecule has 0 aliphatic carbocycles. The molecule has 0 radical (unpaired) electrons. The van der Waals surface area contributed by atoms with Crippen molar-refractivity contribution >= 4 is 11.8 Å². The molecule has 2 saturated heterocycles. The number of aliphatic hydroxyl groups is 1. The van der Waals surface area contributed by atoms with Gasteiger partial charge in [-0.05, 0) is 44.9 Å². The van der Waals surface area contributed by atoms with Crippen LogP contribution < -0.4 is 5.32 Å². The van der Waals surface area contributed by atoms with Gasteiger partial charge in [0.15, 0.2) is 0 Å². The van der Waals surface area contributed by atoms with E-state index in [4.69, 9.17) is 0 Å². The molecule has 2 N–H and O–H groups in total. The van der Waals surface area contributed by atoms with Gasteiger partial charge in [-0.1, -0.05) is 12.1 Å². The Kier molecular flexibility index (Phi) is 6.77. The molecule has 30 heavy (non-hydrogen) atoms. The molecule has 8 heteroatoms. The lowest BCUT2D eigenvalue weighted by atomic mass is 10.0. The summed E-state index contributed by atoms with van der Waals surface area (Å²) in [5.41, 5.74) is 0.924. The van der Waals surface area contributed by atoms with E-state index in [-0.39, 0.29) is 48.1 Å². The first-order chi connectivity index (χ1) is 14.3. The summed E-state index contributed by atoms with van der Waals surface area (Å²) in [6, 6.07) is 6.24. The Hall–Kier alpha value is -2.87. The predicted molar refractivity (Wildman–Crippen MR) is 111 cm³/mol. The summed E-state index contributed by atoms with van der Waals surface area (Å²) in [5, 5.41) is 12.4. The van der Waals surface area contributed by atoms with Crippen molar-refractivity contribution in [3.05, 3.63) is 59.9 Å². The quantitative estimate of drug-likeness (QED) is 0.569. The molecule has 2 fully saturated rings. The molecule has 0 spiro atoms. The molecule has 2 aliphatic heterocycles. The van der Waals surface area contributed by atoms with Gasteiger partial charge in [-0.25, -0.2) is 4.39 Å². The highest BCUT2D eigenvalue weighted by Gasteiger charge is 2.44. The van der Waals surface area contributed by atoms with Gasteiger partial charge in [-0.3, -0.25) is 14.5 Å². The highest BCUT2D eigenvalue weighted by Crippen LogP contribution is 2.30. The third-order valence-corrected chi connectivity index (χ3v) is 5.68. The van der Waals surface area contributed by atoms with Crippen molar-refractivity contribution in [2.75, 3.05) is 13.1 Å². The van der Waals surface area contributed by atoms with Gasteiger partial charge < -0.3 is 20.2 Å². The molecule has 1 unspecified atom stereocenters. The van der Waals surface area contributed by atoms with Crippen molar-refractivity contribution in [3.8, 4) is 0 Å². The van der Waals surface area contributed by atoms with Gasteiger partial charge in [0.1, 0.15) is 23.9 Å². The van der Waals surface area contributed by atoms with Crippen LogP contribution in [0.1, 0.15) is 32.8 Å². The topological polar surface area (TPSA) is 76.1 Å². The highest BCUT2D eigenvalue weighted by molar-refractivity contribution is 5.94. The maximum atomic E-state index is 13.0. The Morgan fingerprint density at radius 1 is 1.33 bits per heavy atom. The SMILES string of the molecule is CC(C)N1CC[C@@H](C)N2C(=O)/C(=C\O)N(/C=C/C(=O)NCc3ccc(F)cc3)CC12. The van der Waals surface area contributed by atoms with Crippen LogP contribution in [0.4, 0.5) is 4.39 Å². The number of nitrogens with zero attached hydrogens (tertiary/aromatic N) is 3. The fourth-order valence-corrected chi connectivity index (χ4v) is 4.02. The van der Waals surface area contributed by atoms with Crippen molar-refractivity contribution in [3.63, 3.8) is 0 Å². The summed E-state index contributed by atoms with van der Waals surface area (Å²) in [6.07, 6.45) is 4.41. The zero-order chi connectivity index (χ0) is 21.8. The van der Waals surface area contributed by atoms with Crippen molar-refractivity contribution in [1.29, 1.82) is 0 Å². The zero-order valence-corrected chi connectivity index (χ0v) is 17.6. The first-order valence-electron chi connectivity index (χ1n) is 10.2. The fourth-order valence-electron chi connectivity index (χ4n) is 4.02. The average Bonchev–Trinajstić information content (AvgIpc) is 2.71. The number of fused-ring (bicyclic) bond motifs is 1. The summed E-state index contributed by atoms with van der Waals surface area (Å²) < 4.78 is 13.0. The van der Waals surface area contributed by atoms with Crippen molar-refractivity contribution in [2.24, 2.45) is 0 Å². The number of carbonyl (C=O) groups is 2. The van der Waals surface area contributed by atoms with Crippen LogP contribution in [-0.4, -0.2) is 63.0 Å². The van der Waals surface area contributed by atoms with Crippen LogP contribution >= 0.6 is 0 Å². The van der Waals surface area contributed by atoms with Crippen LogP contribution in [0.15, 0.2) is 48.5 Å². The van der Waals surface area contributed by atoms with E-state index in [2.05, 4.69) is 24.1 Å². The number of benzene rings is 1. The third-order valence-electron chi connectivity index (χ3n) is 5.68. The lowest BCUT2D eigenvalue weighted by Crippen LogP contribution is -2.67. The third kappa shape index (κ3) is 4.64. The smallest absolute Gasteiger partial charge is 0.275 e. The molecule has 1 aromatic rings. The normalized spacial score (nSPS) is 24.0. The maximum absolute atomic E-state index is 13.0. The first-order valence-corrected chi connectivity index (χ1v) is 10.2. The number of nitrogens with one attached hydrogen (secondary N) is 1. The average molecular weight is 416 g/mol. The molecule has 7 nitrogen and oxygen atoms in total. The molecular weight excluding hydrogens is 387 g/mol. The number of piperazine rings is 1. The molecule has 2 heterocycles. The van der Waals surface area contributed by atoms with Crippen LogP contribution in [0.5, 0.6) is 0 Å². The van der Waals surface area contributed by atoms with E-state index in [0.29, 0.717) is 6.54 Å². The van der Waals surface area contributed by atoms with Crippen LogP contribution in [0.3, 0.4) is 0 Å². The Bertz CT molecular complexity index is 837. The van der Waals surface area contributed by atoms with Gasteiger partial charge in [0, 0.05) is 37.4 Å². The van der Waals surface area contributed by atoms with Gasteiger partial charge in [0.25, 0.3) is 5.91 Å². The fraction of sp³-hybridized carbons (Fsp3) is 0.455. The second-order valence-corrected chi connectivity index (χ2v) is 7.99. The Labute approximate surface area is 176 Å². The van der Waals surface area contributed by atoms with Crippen LogP contribution in [-0.2, 0) is 16.1 Å². The summed E-state index contributed by atoms with van der Waals surface area (Å²) >= 11 is 0. The van der Waals surface area contributed by atoms with Crippen molar-refractivity contribution < 1.29 is 19.1 Å². The molecule has 0 bridgehead atoms. The summed E-state index contributed by atoms with van der Waals surface area (Å²) in [4.78, 5) is 31.0. The van der Waals surface area contributed by atoms with E-state index in [0.717, 1.165) is 24.8 Å². The van der Waals surface area contributed by atoms with Gasteiger partial charge >= 0.3 is 0 Å². The van der Waals surface area contributed by atoms with Crippen LogP contribution in [0.2, 0.25) is 0 Å². The lowest BCUT2D eigenvalue weighted by molar-refractivity contribution is -0.151. The molecule has 1 aromatic carbocycles. The van der Waals surface area contributed by atoms with Crippen molar-refractivity contribution in [1.82, 2.24) is 20.0 Å². The minimum absolute atomic E-state index is 0.0811. The number of hydrogen-bond acceptors (Lipinski definition) is 5. The second kappa shape index (κ2) is 9.30. The van der Waals surface area contributed by atoms with E-state index in [9.17, 15) is 19.1 Å². The number of amides is 2. The van der Waals surface area contributed by atoms with Gasteiger partial charge in [0.2, 0.25) is 5.91 Å². The van der Waals surface area contributed by atoms with E-state index in [1.54, 1.807) is 17.0 Å². The Morgan fingerprint density at radius 2 is 2.03 bits per heavy atom. The first kappa shape index (κ1) is 21.8.